The Kier molecular flexibility index (Phi) is 4.27. The first-order valence-electron chi connectivity index (χ1n) is 8.45. The Morgan fingerprint density at radius 1 is 1.17 bits per heavy atom. The molecule has 1 N–H and O–H groups in total. The zero-order valence-electron chi connectivity index (χ0n) is 14.8. The molecule has 0 saturated carbocycles. The van der Waals surface area contributed by atoms with Gasteiger partial charge in [-0.15, -0.1) is 0 Å². The van der Waals surface area contributed by atoms with Gasteiger partial charge in [0.2, 0.25) is 11.7 Å². The quantitative estimate of drug-likeness (QED) is 0.856. The number of nitrogens with zero attached hydrogens (tertiary/aromatic N) is 1. The van der Waals surface area contributed by atoms with Crippen molar-refractivity contribution in [1.82, 2.24) is 5.32 Å². The van der Waals surface area contributed by atoms with Gasteiger partial charge in [0, 0.05) is 25.1 Å². The zero-order chi connectivity index (χ0) is 17.3. The third kappa shape index (κ3) is 3.12. The Hall–Kier alpha value is -2.42. The minimum absolute atomic E-state index is 0.0410. The second-order valence-electron chi connectivity index (χ2n) is 7.16. The molecule has 3 nitrogen and oxygen atoms in total. The molecule has 0 aliphatic carbocycles. The van der Waals surface area contributed by atoms with Gasteiger partial charge in [0.05, 0.1) is 5.41 Å². The fraction of sp³-hybridized carbons (Fsp3) is 0.333. The molecular weight excluding hydrogens is 296 g/mol. The molecule has 0 spiro atoms. The van der Waals surface area contributed by atoms with Crippen LogP contribution in [0.1, 0.15) is 37.5 Å². The van der Waals surface area contributed by atoms with Gasteiger partial charge in [-0.3, -0.25) is 4.79 Å². The topological polar surface area (TPSA) is 32.1 Å². The van der Waals surface area contributed by atoms with Crippen molar-refractivity contribution in [2.75, 3.05) is 0 Å². The highest BCUT2D eigenvalue weighted by Crippen LogP contribution is 2.37. The lowest BCUT2D eigenvalue weighted by Crippen LogP contribution is -2.38. The van der Waals surface area contributed by atoms with Crippen LogP contribution in [-0.4, -0.2) is 22.7 Å². The number of rotatable bonds is 4. The van der Waals surface area contributed by atoms with E-state index in [0.717, 1.165) is 11.3 Å². The molecule has 0 bridgehead atoms. The molecule has 0 saturated heterocycles. The summed E-state index contributed by atoms with van der Waals surface area (Å²) in [5.74, 6) is 0.0410. The van der Waals surface area contributed by atoms with E-state index in [9.17, 15) is 4.79 Å². The van der Waals surface area contributed by atoms with Crippen LogP contribution in [0.2, 0.25) is 0 Å². The number of hydrogen-bond acceptors (Lipinski definition) is 1. The molecule has 2 aromatic rings. The second kappa shape index (κ2) is 6.23. The van der Waals surface area contributed by atoms with Gasteiger partial charge in [0.1, 0.15) is 0 Å². The number of benzene rings is 2. The maximum Gasteiger partial charge on any atom is 0.289 e. The summed E-state index contributed by atoms with van der Waals surface area (Å²) in [5, 5.41) is 3.04. The Labute approximate surface area is 144 Å². The molecule has 3 heteroatoms. The average Bonchev–Trinajstić information content (AvgIpc) is 2.84. The predicted octanol–water partition coefficient (Wildman–Crippen LogP) is 3.71. The highest BCUT2D eigenvalue weighted by molar-refractivity contribution is 5.84. The van der Waals surface area contributed by atoms with Crippen LogP contribution in [0.25, 0.3) is 0 Å². The molecule has 24 heavy (non-hydrogen) atoms. The number of carbonyl (C=O) groups is 1. The zero-order valence-corrected chi connectivity index (χ0v) is 14.8. The van der Waals surface area contributed by atoms with Crippen LogP contribution in [0.4, 0.5) is 5.69 Å². The van der Waals surface area contributed by atoms with E-state index in [1.807, 2.05) is 37.3 Å². The Bertz CT molecular complexity index is 791. The van der Waals surface area contributed by atoms with Gasteiger partial charge in [0.25, 0.3) is 5.91 Å². The van der Waals surface area contributed by atoms with Gasteiger partial charge in [-0.1, -0.05) is 42.0 Å². The standard InChI is InChI=1S/C21H24N2O/c1-15-10-11-19-18(12-15)21(3,4)14-23(19)16(2)20(24)22-13-17-8-6-5-7-9-17/h5-12,14,16H,13H2,1-4H3/p+1. The van der Waals surface area contributed by atoms with Crippen molar-refractivity contribution in [3.8, 4) is 0 Å². The fourth-order valence-corrected chi connectivity index (χ4v) is 3.26. The van der Waals surface area contributed by atoms with Crippen molar-refractivity contribution in [3.63, 3.8) is 0 Å². The number of amides is 1. The average molecular weight is 321 g/mol. The van der Waals surface area contributed by atoms with E-state index >= 15 is 0 Å². The van der Waals surface area contributed by atoms with Gasteiger partial charge in [-0.2, -0.15) is 4.58 Å². The van der Waals surface area contributed by atoms with E-state index in [1.54, 1.807) is 0 Å². The smallest absolute Gasteiger partial charge is 0.289 e. The third-order valence-corrected chi connectivity index (χ3v) is 4.69. The first-order chi connectivity index (χ1) is 11.4. The van der Waals surface area contributed by atoms with E-state index in [-0.39, 0.29) is 17.4 Å². The summed E-state index contributed by atoms with van der Waals surface area (Å²) in [6, 6.07) is 16.2. The molecule has 0 aromatic heterocycles. The minimum atomic E-state index is -0.239. The van der Waals surface area contributed by atoms with Gasteiger partial charge < -0.3 is 5.32 Å². The van der Waals surface area contributed by atoms with Crippen molar-refractivity contribution in [2.45, 2.75) is 45.7 Å². The molecular formula is C21H25N2O+. The molecule has 124 valence electrons. The van der Waals surface area contributed by atoms with Crippen LogP contribution < -0.4 is 5.32 Å². The van der Waals surface area contributed by atoms with Gasteiger partial charge in [0.15, 0.2) is 6.21 Å². The molecule has 1 amide bonds. The van der Waals surface area contributed by atoms with E-state index in [0.29, 0.717) is 6.54 Å². The molecule has 0 fully saturated rings. The number of nitrogens with one attached hydrogen (secondary N) is 1. The summed E-state index contributed by atoms with van der Waals surface area (Å²) >= 11 is 0. The first kappa shape index (κ1) is 16.4. The van der Waals surface area contributed by atoms with E-state index in [4.69, 9.17) is 0 Å². The Morgan fingerprint density at radius 3 is 2.58 bits per heavy atom. The molecule has 1 heterocycles. The highest BCUT2D eigenvalue weighted by Gasteiger charge is 2.41. The molecule has 1 aliphatic heterocycles. The summed E-state index contributed by atoms with van der Waals surface area (Å²) in [5.41, 5.74) is 4.71. The lowest BCUT2D eigenvalue weighted by atomic mass is 9.86. The van der Waals surface area contributed by atoms with E-state index in [1.165, 1.54) is 11.1 Å². The third-order valence-electron chi connectivity index (χ3n) is 4.69. The molecule has 1 unspecified atom stereocenters. The summed E-state index contributed by atoms with van der Waals surface area (Å²) in [4.78, 5) is 12.6. The summed E-state index contributed by atoms with van der Waals surface area (Å²) < 4.78 is 2.11. The lowest BCUT2D eigenvalue weighted by molar-refractivity contribution is -0.459. The lowest BCUT2D eigenvalue weighted by Gasteiger charge is -2.11. The van der Waals surface area contributed by atoms with Crippen molar-refractivity contribution in [1.29, 1.82) is 0 Å². The van der Waals surface area contributed by atoms with Crippen molar-refractivity contribution in [2.24, 2.45) is 0 Å². The van der Waals surface area contributed by atoms with Crippen LogP contribution >= 0.6 is 0 Å². The molecule has 3 rings (SSSR count). The van der Waals surface area contributed by atoms with Crippen LogP contribution in [0.3, 0.4) is 0 Å². The minimum Gasteiger partial charge on any atom is -0.346 e. The van der Waals surface area contributed by atoms with Crippen molar-refractivity contribution < 1.29 is 9.37 Å². The van der Waals surface area contributed by atoms with Crippen molar-refractivity contribution in [3.05, 3.63) is 65.2 Å². The fourth-order valence-electron chi connectivity index (χ4n) is 3.26. The Morgan fingerprint density at radius 2 is 1.88 bits per heavy atom. The molecule has 1 atom stereocenters. The SMILES string of the molecule is Cc1ccc2c(c1)C(C)(C)C=[N+]2C(C)C(=O)NCc1ccccc1. The maximum absolute atomic E-state index is 12.6. The maximum atomic E-state index is 12.6. The highest BCUT2D eigenvalue weighted by atomic mass is 16.2. The normalized spacial score (nSPS) is 16.2. The first-order valence-corrected chi connectivity index (χ1v) is 8.45. The van der Waals surface area contributed by atoms with Crippen LogP contribution in [-0.2, 0) is 16.8 Å². The number of aryl methyl sites for hydroxylation is 1. The van der Waals surface area contributed by atoms with Crippen LogP contribution in [0.15, 0.2) is 48.5 Å². The van der Waals surface area contributed by atoms with Crippen molar-refractivity contribution >= 4 is 17.8 Å². The Balaban J connectivity index is 1.78. The van der Waals surface area contributed by atoms with E-state index < -0.39 is 0 Å². The predicted molar refractivity (Wildman–Crippen MR) is 97.9 cm³/mol. The largest absolute Gasteiger partial charge is 0.346 e. The van der Waals surface area contributed by atoms with E-state index in [2.05, 4.69) is 55.1 Å². The van der Waals surface area contributed by atoms with Crippen LogP contribution in [0, 0.1) is 6.92 Å². The van der Waals surface area contributed by atoms with Gasteiger partial charge >= 0.3 is 0 Å². The molecule has 2 aromatic carbocycles. The van der Waals surface area contributed by atoms with Gasteiger partial charge in [-0.05, 0) is 32.4 Å². The molecule has 0 radical (unpaired) electrons. The monoisotopic (exact) mass is 321 g/mol. The number of hydrogen-bond donors (Lipinski definition) is 1. The van der Waals surface area contributed by atoms with Crippen LogP contribution in [0.5, 0.6) is 0 Å². The number of fused-ring (bicyclic) bond motifs is 1. The summed E-state index contributed by atoms with van der Waals surface area (Å²) in [7, 11) is 0. The summed E-state index contributed by atoms with van der Waals surface area (Å²) in [6.07, 6.45) is 2.17. The second-order valence-corrected chi connectivity index (χ2v) is 7.16. The molecule has 1 aliphatic rings. The summed E-state index contributed by atoms with van der Waals surface area (Å²) in [6.45, 7) is 9.01. The number of carbonyl (C=O) groups excluding carboxylic acids is 1. The van der Waals surface area contributed by atoms with Gasteiger partial charge in [-0.25, -0.2) is 0 Å².